The fourth-order valence-electron chi connectivity index (χ4n) is 9.13. The number of hydrogen-bond donors (Lipinski definition) is 0. The Morgan fingerprint density at radius 1 is 0.387 bits per heavy atom. The summed E-state index contributed by atoms with van der Waals surface area (Å²) in [4.78, 5) is 17.3. The number of aromatic nitrogens is 4. The highest BCUT2D eigenvalue weighted by Crippen LogP contribution is 2.52. The molecule has 288 valence electrons. The minimum atomic E-state index is -0.535. The lowest BCUT2D eigenvalue weighted by Crippen LogP contribution is -2.15. The summed E-state index contributed by atoms with van der Waals surface area (Å²) in [6, 6.07) is 54.8. The average Bonchev–Trinajstić information content (AvgIpc) is 3.72. The van der Waals surface area contributed by atoms with Gasteiger partial charge in [-0.1, -0.05) is 127 Å². The molecular weight excluding hydrogens is 755 g/mol. The quantitative estimate of drug-likeness (QED) is 0.174. The van der Waals surface area contributed by atoms with Crippen LogP contribution in [-0.2, 0) is 0 Å². The SMILES string of the molecule is [2H]c1c([2H])c([2H])c2c([2H])c(-c3nc(-c4ccc(N5c6cc7ccccc7cc6-c6cccc7cccc5c67)cc4)nc(-c4ccc5c(c4)c4ccccc4n5-c4ccccc4)n3)c([2H])c([2H])c2c1[2H]. The second-order valence-corrected chi connectivity index (χ2v) is 15.5. The van der Waals surface area contributed by atoms with Gasteiger partial charge in [0.1, 0.15) is 0 Å². The molecule has 0 saturated heterocycles. The largest absolute Gasteiger partial charge is 0.309 e. The lowest BCUT2D eigenvalue weighted by molar-refractivity contribution is 1.07. The summed E-state index contributed by atoms with van der Waals surface area (Å²) in [7, 11) is 0. The van der Waals surface area contributed by atoms with Crippen molar-refractivity contribution in [2.75, 3.05) is 4.90 Å². The standard InChI is InChI=1S/C57H35N5/c1-2-18-44(19-3-1)61-50-22-9-8-20-46(50)48-34-43(28-31-51(48)61)57-59-55(58-56(60-57)42-25-24-36-12-4-5-13-39(36)32-42)38-26-29-45(30-27-38)62-52-23-11-17-37-16-10-21-47(54(37)52)49-33-40-14-6-7-15-41(40)35-53(49)62/h1-35H/i4D,5D,12D,13D,24D,25D,32D. The zero-order chi connectivity index (χ0) is 46.8. The van der Waals surface area contributed by atoms with Gasteiger partial charge in [0.05, 0.1) is 32.0 Å². The maximum atomic E-state index is 9.44. The number of hydrogen-bond acceptors (Lipinski definition) is 4. The molecule has 12 aromatic rings. The number of anilines is 3. The Morgan fingerprint density at radius 2 is 1.05 bits per heavy atom. The van der Waals surface area contributed by atoms with Gasteiger partial charge >= 0.3 is 0 Å². The van der Waals surface area contributed by atoms with E-state index in [1.165, 1.54) is 5.56 Å². The Hall–Kier alpha value is -8.41. The minimum Gasteiger partial charge on any atom is -0.309 e. The van der Waals surface area contributed by atoms with Crippen LogP contribution in [0.25, 0.3) is 105 Å². The third kappa shape index (κ3) is 5.38. The third-order valence-corrected chi connectivity index (χ3v) is 12.0. The highest BCUT2D eigenvalue weighted by atomic mass is 15.2. The van der Waals surface area contributed by atoms with Gasteiger partial charge in [0.15, 0.2) is 17.5 Å². The van der Waals surface area contributed by atoms with Crippen molar-refractivity contribution in [2.45, 2.75) is 0 Å². The van der Waals surface area contributed by atoms with E-state index in [4.69, 9.17) is 21.8 Å². The summed E-state index contributed by atoms with van der Waals surface area (Å²) in [5.74, 6) is 0.452. The molecule has 13 rings (SSSR count). The average molecular weight is 797 g/mol. The van der Waals surface area contributed by atoms with Gasteiger partial charge in [-0.05, 0) is 117 Å². The van der Waals surface area contributed by atoms with Crippen LogP contribution >= 0.6 is 0 Å². The Balaban J connectivity index is 1.02. The molecule has 1 aliphatic rings. The highest BCUT2D eigenvalue weighted by molar-refractivity contribution is 6.16. The number of fused-ring (bicyclic) bond motifs is 7. The van der Waals surface area contributed by atoms with Gasteiger partial charge in [0, 0.05) is 49.8 Å². The van der Waals surface area contributed by atoms with Gasteiger partial charge in [-0.3, -0.25) is 0 Å². The predicted molar refractivity (Wildman–Crippen MR) is 257 cm³/mol. The van der Waals surface area contributed by atoms with E-state index in [-0.39, 0.29) is 39.9 Å². The minimum absolute atomic E-state index is 0.0659. The Labute approximate surface area is 367 Å². The zero-order valence-corrected chi connectivity index (χ0v) is 32.9. The van der Waals surface area contributed by atoms with E-state index in [9.17, 15) is 2.74 Å². The first-order valence-corrected chi connectivity index (χ1v) is 20.5. The lowest BCUT2D eigenvalue weighted by atomic mass is 9.89. The summed E-state index contributed by atoms with van der Waals surface area (Å²) >= 11 is 0. The molecule has 10 aromatic carbocycles. The van der Waals surface area contributed by atoms with Crippen molar-refractivity contribution in [2.24, 2.45) is 0 Å². The smallest absolute Gasteiger partial charge is 0.164 e. The molecule has 1 aliphatic heterocycles. The van der Waals surface area contributed by atoms with Crippen LogP contribution < -0.4 is 4.90 Å². The number of para-hydroxylation sites is 2. The van der Waals surface area contributed by atoms with Crippen LogP contribution in [0.1, 0.15) is 9.60 Å². The van der Waals surface area contributed by atoms with Crippen LogP contribution in [0.4, 0.5) is 17.1 Å². The lowest BCUT2D eigenvalue weighted by Gasteiger charge is -2.34. The topological polar surface area (TPSA) is 46.8 Å². The number of nitrogens with zero attached hydrogens (tertiary/aromatic N) is 5. The van der Waals surface area contributed by atoms with E-state index in [0.717, 1.165) is 71.7 Å². The van der Waals surface area contributed by atoms with Crippen molar-refractivity contribution < 1.29 is 9.60 Å². The van der Waals surface area contributed by atoms with Crippen molar-refractivity contribution in [3.8, 4) is 51.0 Å². The molecule has 0 aliphatic carbocycles. The van der Waals surface area contributed by atoms with E-state index in [0.29, 0.717) is 11.1 Å². The van der Waals surface area contributed by atoms with Gasteiger partial charge in [0.2, 0.25) is 0 Å². The molecule has 0 atom stereocenters. The van der Waals surface area contributed by atoms with Crippen LogP contribution in [0.3, 0.4) is 0 Å². The normalized spacial score (nSPS) is 13.7. The van der Waals surface area contributed by atoms with Crippen molar-refractivity contribution in [3.63, 3.8) is 0 Å². The van der Waals surface area contributed by atoms with Crippen molar-refractivity contribution in [3.05, 3.63) is 212 Å². The number of benzene rings is 10. The summed E-state index contributed by atoms with van der Waals surface area (Å²) < 4.78 is 64.1. The molecule has 0 N–H and O–H groups in total. The Kier molecular flexibility index (Phi) is 6.15. The van der Waals surface area contributed by atoms with Gasteiger partial charge in [-0.15, -0.1) is 0 Å². The molecule has 0 fully saturated rings. The first-order valence-electron chi connectivity index (χ1n) is 24.0. The fourth-order valence-corrected chi connectivity index (χ4v) is 9.13. The summed E-state index contributed by atoms with van der Waals surface area (Å²) in [6.45, 7) is 0. The molecule has 0 unspecified atom stereocenters. The maximum Gasteiger partial charge on any atom is 0.164 e. The molecule has 2 aromatic heterocycles. The molecule has 5 nitrogen and oxygen atoms in total. The summed E-state index contributed by atoms with van der Waals surface area (Å²) in [5, 5.41) is 6.19. The van der Waals surface area contributed by atoms with Crippen LogP contribution in [0.5, 0.6) is 0 Å². The second-order valence-electron chi connectivity index (χ2n) is 15.5. The van der Waals surface area contributed by atoms with Crippen molar-refractivity contribution >= 4 is 71.2 Å². The fraction of sp³-hybridized carbons (Fsp3) is 0. The van der Waals surface area contributed by atoms with Gasteiger partial charge in [-0.2, -0.15) is 0 Å². The zero-order valence-electron chi connectivity index (χ0n) is 39.9. The monoisotopic (exact) mass is 796 g/mol. The van der Waals surface area contributed by atoms with E-state index in [1.807, 2.05) is 72.8 Å². The molecule has 62 heavy (non-hydrogen) atoms. The molecule has 0 amide bonds. The Bertz CT molecular complexity index is 4170. The summed E-state index contributed by atoms with van der Waals surface area (Å²) in [5.41, 5.74) is 9.48. The van der Waals surface area contributed by atoms with Gasteiger partial charge in [0.25, 0.3) is 0 Å². The van der Waals surface area contributed by atoms with Crippen LogP contribution in [-0.4, -0.2) is 19.5 Å². The molecule has 0 spiro atoms. The van der Waals surface area contributed by atoms with Gasteiger partial charge < -0.3 is 9.47 Å². The second kappa shape index (κ2) is 13.6. The van der Waals surface area contributed by atoms with Crippen LogP contribution in [0.2, 0.25) is 0 Å². The first kappa shape index (κ1) is 28.1. The van der Waals surface area contributed by atoms with E-state index >= 15 is 0 Å². The first-order chi connectivity index (χ1) is 33.6. The molecule has 0 bridgehead atoms. The van der Waals surface area contributed by atoms with Gasteiger partial charge in [-0.25, -0.2) is 15.0 Å². The third-order valence-electron chi connectivity index (χ3n) is 12.0. The molecule has 3 heterocycles. The van der Waals surface area contributed by atoms with Crippen LogP contribution in [0.15, 0.2) is 212 Å². The predicted octanol–water partition coefficient (Wildman–Crippen LogP) is 14.9. The highest BCUT2D eigenvalue weighted by Gasteiger charge is 2.27. The molecule has 0 radical (unpaired) electrons. The number of rotatable bonds is 5. The van der Waals surface area contributed by atoms with Crippen molar-refractivity contribution in [1.82, 2.24) is 19.5 Å². The van der Waals surface area contributed by atoms with Crippen LogP contribution in [0, 0.1) is 0 Å². The summed E-state index contributed by atoms with van der Waals surface area (Å²) in [6.07, 6.45) is 0. The van der Waals surface area contributed by atoms with E-state index in [1.54, 1.807) is 0 Å². The van der Waals surface area contributed by atoms with E-state index < -0.39 is 36.3 Å². The van der Waals surface area contributed by atoms with Crippen molar-refractivity contribution in [1.29, 1.82) is 0 Å². The maximum absolute atomic E-state index is 9.44. The molecular formula is C57H35N5. The van der Waals surface area contributed by atoms with E-state index in [2.05, 4.69) is 107 Å². The Morgan fingerprint density at radius 3 is 1.89 bits per heavy atom. The molecule has 0 saturated carbocycles. The molecule has 5 heteroatoms.